The van der Waals surface area contributed by atoms with Gasteiger partial charge in [0.1, 0.15) is 5.54 Å². The van der Waals surface area contributed by atoms with Gasteiger partial charge in [0.25, 0.3) is 0 Å². The molecule has 1 aliphatic heterocycles. The predicted octanol–water partition coefficient (Wildman–Crippen LogP) is 0.782. The number of carboxylic acid groups (broad SMARTS) is 1. The molecule has 0 aromatic carbocycles. The van der Waals surface area contributed by atoms with Crippen LogP contribution in [0.2, 0.25) is 0 Å². The van der Waals surface area contributed by atoms with Gasteiger partial charge < -0.3 is 15.2 Å². The number of carbonyl (C=O) groups excluding carboxylic acids is 1. The standard InChI is InChI=1S/C11H19NO4/c1-11(2,10(14)15)12-9(13)7-8-3-5-16-6-4-8/h8H,3-7H2,1-2H3,(H,12,13)(H,14,15). The number of nitrogens with one attached hydrogen (secondary N) is 1. The minimum absolute atomic E-state index is 0.195. The number of amides is 1. The van der Waals surface area contributed by atoms with Crippen LogP contribution in [0.3, 0.4) is 0 Å². The number of carbonyl (C=O) groups is 2. The van der Waals surface area contributed by atoms with Gasteiger partial charge >= 0.3 is 5.97 Å². The van der Waals surface area contributed by atoms with Gasteiger partial charge in [0.15, 0.2) is 0 Å². The fraction of sp³-hybridized carbons (Fsp3) is 0.818. The Morgan fingerprint density at radius 1 is 1.38 bits per heavy atom. The quantitative estimate of drug-likeness (QED) is 0.747. The summed E-state index contributed by atoms with van der Waals surface area (Å²) >= 11 is 0. The third-order valence-corrected chi connectivity index (χ3v) is 2.80. The van der Waals surface area contributed by atoms with E-state index < -0.39 is 11.5 Å². The average Bonchev–Trinajstić information content (AvgIpc) is 2.17. The summed E-state index contributed by atoms with van der Waals surface area (Å²) in [6.07, 6.45) is 2.14. The Morgan fingerprint density at radius 2 is 1.94 bits per heavy atom. The molecule has 1 aliphatic rings. The van der Waals surface area contributed by atoms with Crippen LogP contribution in [0.15, 0.2) is 0 Å². The molecular formula is C11H19NO4. The number of carboxylic acids is 1. The average molecular weight is 229 g/mol. The van der Waals surface area contributed by atoms with E-state index >= 15 is 0 Å². The highest BCUT2D eigenvalue weighted by Gasteiger charge is 2.29. The summed E-state index contributed by atoms with van der Waals surface area (Å²) in [7, 11) is 0. The molecule has 0 atom stereocenters. The maximum atomic E-state index is 11.6. The Balaban J connectivity index is 2.37. The van der Waals surface area contributed by atoms with Crippen molar-refractivity contribution in [1.82, 2.24) is 5.32 Å². The van der Waals surface area contributed by atoms with Crippen LogP contribution in [0.1, 0.15) is 33.1 Å². The van der Waals surface area contributed by atoms with E-state index in [9.17, 15) is 9.59 Å². The molecule has 1 heterocycles. The molecule has 1 amide bonds. The van der Waals surface area contributed by atoms with Crippen molar-refractivity contribution < 1.29 is 19.4 Å². The lowest BCUT2D eigenvalue weighted by Gasteiger charge is -2.25. The highest BCUT2D eigenvalue weighted by molar-refractivity contribution is 5.86. The molecular weight excluding hydrogens is 210 g/mol. The molecule has 0 aromatic heterocycles. The monoisotopic (exact) mass is 229 g/mol. The van der Waals surface area contributed by atoms with Gasteiger partial charge in [-0.05, 0) is 32.6 Å². The molecule has 2 N–H and O–H groups in total. The van der Waals surface area contributed by atoms with Gasteiger partial charge in [0.05, 0.1) is 0 Å². The van der Waals surface area contributed by atoms with Crippen LogP contribution in [-0.2, 0) is 14.3 Å². The molecule has 0 spiro atoms. The topological polar surface area (TPSA) is 75.6 Å². The van der Waals surface area contributed by atoms with Crippen molar-refractivity contribution in [3.8, 4) is 0 Å². The van der Waals surface area contributed by atoms with Crippen LogP contribution in [0.25, 0.3) is 0 Å². The number of aliphatic carboxylic acids is 1. The van der Waals surface area contributed by atoms with Gasteiger partial charge in [-0.2, -0.15) is 0 Å². The smallest absolute Gasteiger partial charge is 0.328 e. The van der Waals surface area contributed by atoms with Crippen LogP contribution in [0, 0.1) is 5.92 Å². The van der Waals surface area contributed by atoms with Crippen molar-refractivity contribution in [2.45, 2.75) is 38.6 Å². The summed E-state index contributed by atoms with van der Waals surface area (Å²) in [6, 6.07) is 0. The SMILES string of the molecule is CC(C)(NC(=O)CC1CCOCC1)C(=O)O. The first-order chi connectivity index (χ1) is 7.42. The fourth-order valence-electron chi connectivity index (χ4n) is 1.67. The highest BCUT2D eigenvalue weighted by Crippen LogP contribution is 2.18. The molecule has 1 saturated heterocycles. The van der Waals surface area contributed by atoms with Crippen molar-refractivity contribution in [2.75, 3.05) is 13.2 Å². The third-order valence-electron chi connectivity index (χ3n) is 2.80. The van der Waals surface area contributed by atoms with E-state index in [4.69, 9.17) is 9.84 Å². The summed E-state index contributed by atoms with van der Waals surface area (Å²) in [5.74, 6) is -0.898. The second kappa shape index (κ2) is 5.30. The summed E-state index contributed by atoms with van der Waals surface area (Å²) in [4.78, 5) is 22.4. The zero-order valence-corrected chi connectivity index (χ0v) is 9.78. The molecule has 1 fully saturated rings. The molecule has 0 unspecified atom stereocenters. The molecule has 0 aliphatic carbocycles. The first-order valence-electron chi connectivity index (χ1n) is 5.54. The second-order valence-corrected chi connectivity index (χ2v) is 4.74. The number of hydrogen-bond acceptors (Lipinski definition) is 3. The molecule has 16 heavy (non-hydrogen) atoms. The van der Waals surface area contributed by atoms with Gasteiger partial charge in [-0.1, -0.05) is 0 Å². The van der Waals surface area contributed by atoms with Crippen molar-refractivity contribution in [1.29, 1.82) is 0 Å². The maximum absolute atomic E-state index is 11.6. The Morgan fingerprint density at radius 3 is 2.44 bits per heavy atom. The molecule has 5 nitrogen and oxygen atoms in total. The van der Waals surface area contributed by atoms with E-state index in [1.165, 1.54) is 13.8 Å². The largest absolute Gasteiger partial charge is 0.480 e. The molecule has 0 aromatic rings. The van der Waals surface area contributed by atoms with Crippen LogP contribution in [-0.4, -0.2) is 35.7 Å². The third kappa shape index (κ3) is 3.81. The molecule has 0 radical (unpaired) electrons. The second-order valence-electron chi connectivity index (χ2n) is 4.74. The van der Waals surface area contributed by atoms with Crippen molar-refractivity contribution in [3.63, 3.8) is 0 Å². The van der Waals surface area contributed by atoms with E-state index in [-0.39, 0.29) is 5.91 Å². The predicted molar refractivity (Wildman–Crippen MR) is 58.0 cm³/mol. The first kappa shape index (κ1) is 13.0. The Labute approximate surface area is 95.2 Å². The first-order valence-corrected chi connectivity index (χ1v) is 5.54. The van der Waals surface area contributed by atoms with Crippen LogP contribution in [0.4, 0.5) is 0 Å². The van der Waals surface area contributed by atoms with Gasteiger partial charge in [-0.15, -0.1) is 0 Å². The molecule has 5 heteroatoms. The van der Waals surface area contributed by atoms with Crippen molar-refractivity contribution in [3.05, 3.63) is 0 Å². The van der Waals surface area contributed by atoms with Crippen molar-refractivity contribution >= 4 is 11.9 Å². The highest BCUT2D eigenvalue weighted by atomic mass is 16.5. The van der Waals surface area contributed by atoms with E-state index in [0.717, 1.165) is 12.8 Å². The minimum Gasteiger partial charge on any atom is -0.480 e. The summed E-state index contributed by atoms with van der Waals surface area (Å²) in [6.45, 7) is 4.36. The van der Waals surface area contributed by atoms with E-state index in [1.54, 1.807) is 0 Å². The van der Waals surface area contributed by atoms with Crippen LogP contribution >= 0.6 is 0 Å². The fourth-order valence-corrected chi connectivity index (χ4v) is 1.67. The minimum atomic E-state index is -1.19. The zero-order chi connectivity index (χ0) is 12.2. The Bertz CT molecular complexity index is 269. The van der Waals surface area contributed by atoms with E-state index in [1.807, 2.05) is 0 Å². The summed E-state index contributed by atoms with van der Waals surface area (Å²) in [5.41, 5.74) is -1.19. The normalized spacial score (nSPS) is 18.1. The summed E-state index contributed by atoms with van der Waals surface area (Å²) < 4.78 is 5.19. The Kier molecular flexibility index (Phi) is 4.29. The zero-order valence-electron chi connectivity index (χ0n) is 9.78. The molecule has 1 rings (SSSR count). The Hall–Kier alpha value is -1.10. The maximum Gasteiger partial charge on any atom is 0.328 e. The lowest BCUT2D eigenvalue weighted by Crippen LogP contribution is -2.50. The van der Waals surface area contributed by atoms with Gasteiger partial charge in [0.2, 0.25) is 5.91 Å². The van der Waals surface area contributed by atoms with Gasteiger partial charge in [0, 0.05) is 19.6 Å². The van der Waals surface area contributed by atoms with Crippen LogP contribution < -0.4 is 5.32 Å². The van der Waals surface area contributed by atoms with Crippen LogP contribution in [0.5, 0.6) is 0 Å². The lowest BCUT2D eigenvalue weighted by molar-refractivity contribution is -0.146. The van der Waals surface area contributed by atoms with Crippen molar-refractivity contribution in [2.24, 2.45) is 5.92 Å². The number of hydrogen-bond donors (Lipinski definition) is 2. The van der Waals surface area contributed by atoms with Gasteiger partial charge in [-0.25, -0.2) is 4.79 Å². The van der Waals surface area contributed by atoms with Gasteiger partial charge in [-0.3, -0.25) is 4.79 Å². The molecule has 0 saturated carbocycles. The van der Waals surface area contributed by atoms with E-state index in [2.05, 4.69) is 5.32 Å². The molecule has 0 bridgehead atoms. The van der Waals surface area contributed by atoms with E-state index in [0.29, 0.717) is 25.6 Å². The lowest BCUT2D eigenvalue weighted by atomic mass is 9.95. The summed E-state index contributed by atoms with van der Waals surface area (Å²) in [5, 5.41) is 11.4. The number of rotatable bonds is 4. The molecule has 92 valence electrons. The number of ether oxygens (including phenoxy) is 1.